The number of rotatable bonds is 2. The van der Waals surface area contributed by atoms with Gasteiger partial charge in [0.05, 0.1) is 17.4 Å². The molecule has 106 valence electrons. The third kappa shape index (κ3) is 2.06. The van der Waals surface area contributed by atoms with E-state index in [1.54, 1.807) is 17.0 Å². The third-order valence-corrected chi connectivity index (χ3v) is 4.01. The molecule has 0 bridgehead atoms. The number of fused-ring (bicyclic) bond motifs is 1. The molecule has 0 spiro atoms. The van der Waals surface area contributed by atoms with Gasteiger partial charge in [0.1, 0.15) is 0 Å². The summed E-state index contributed by atoms with van der Waals surface area (Å²) in [5.74, 6) is -0.0128. The molecule has 1 aromatic rings. The molecule has 0 aliphatic carbocycles. The van der Waals surface area contributed by atoms with Gasteiger partial charge < -0.3 is 9.64 Å². The summed E-state index contributed by atoms with van der Waals surface area (Å²) in [5, 5.41) is 10.8. The van der Waals surface area contributed by atoms with Crippen molar-refractivity contribution in [3.05, 3.63) is 33.9 Å². The fourth-order valence-corrected chi connectivity index (χ4v) is 2.99. The van der Waals surface area contributed by atoms with E-state index in [1.165, 1.54) is 6.07 Å². The lowest BCUT2D eigenvalue weighted by Crippen LogP contribution is -2.40. The van der Waals surface area contributed by atoms with Crippen molar-refractivity contribution in [2.24, 2.45) is 5.92 Å². The van der Waals surface area contributed by atoms with E-state index in [9.17, 15) is 14.9 Å². The van der Waals surface area contributed by atoms with Gasteiger partial charge in [0.25, 0.3) is 5.69 Å². The van der Waals surface area contributed by atoms with Crippen molar-refractivity contribution >= 4 is 17.3 Å². The highest BCUT2D eigenvalue weighted by Gasteiger charge is 2.36. The van der Waals surface area contributed by atoms with Crippen molar-refractivity contribution in [2.75, 3.05) is 18.1 Å². The fraction of sp³-hybridized carbons (Fsp3) is 0.500. The molecule has 0 saturated carbocycles. The Morgan fingerprint density at radius 3 is 2.95 bits per heavy atom. The molecule has 0 N–H and O–H groups in total. The highest BCUT2D eigenvalue weighted by Crippen LogP contribution is 2.36. The van der Waals surface area contributed by atoms with E-state index in [0.29, 0.717) is 19.6 Å². The number of nitrogens with zero attached hydrogens (tertiary/aromatic N) is 2. The average molecular weight is 276 g/mol. The summed E-state index contributed by atoms with van der Waals surface area (Å²) in [7, 11) is 0. The molecule has 20 heavy (non-hydrogen) atoms. The van der Waals surface area contributed by atoms with Crippen LogP contribution in [0.15, 0.2) is 18.2 Å². The fourth-order valence-electron chi connectivity index (χ4n) is 2.99. The first-order valence-corrected chi connectivity index (χ1v) is 6.76. The largest absolute Gasteiger partial charge is 0.381 e. The SMILES string of the molecule is C[C@@H]1Cc2cc([N+](=O)[O-])ccc2N1C(=O)[C@H]1CCOC1. The summed E-state index contributed by atoms with van der Waals surface area (Å²) < 4.78 is 5.27. The second kappa shape index (κ2) is 4.86. The van der Waals surface area contributed by atoms with Gasteiger partial charge >= 0.3 is 0 Å². The molecule has 1 fully saturated rings. The van der Waals surface area contributed by atoms with Crippen molar-refractivity contribution in [3.8, 4) is 0 Å². The van der Waals surface area contributed by atoms with Crippen LogP contribution >= 0.6 is 0 Å². The minimum absolute atomic E-state index is 0.0418. The second-order valence-electron chi connectivity index (χ2n) is 5.39. The van der Waals surface area contributed by atoms with Crippen LogP contribution in [0.5, 0.6) is 0 Å². The second-order valence-corrected chi connectivity index (χ2v) is 5.39. The molecule has 0 radical (unpaired) electrons. The number of carbonyl (C=O) groups excluding carboxylic acids is 1. The lowest BCUT2D eigenvalue weighted by Gasteiger charge is -2.25. The molecule has 6 nitrogen and oxygen atoms in total. The van der Waals surface area contributed by atoms with E-state index >= 15 is 0 Å². The number of nitro benzene ring substituents is 1. The van der Waals surface area contributed by atoms with Gasteiger partial charge in [-0.25, -0.2) is 0 Å². The van der Waals surface area contributed by atoms with Crippen molar-refractivity contribution in [1.82, 2.24) is 0 Å². The van der Waals surface area contributed by atoms with Crippen LogP contribution in [0.2, 0.25) is 0 Å². The maximum absolute atomic E-state index is 12.6. The van der Waals surface area contributed by atoms with Crippen LogP contribution in [0, 0.1) is 16.0 Å². The topological polar surface area (TPSA) is 72.7 Å². The summed E-state index contributed by atoms with van der Waals surface area (Å²) >= 11 is 0. The summed E-state index contributed by atoms with van der Waals surface area (Å²) in [6, 6.07) is 4.76. The summed E-state index contributed by atoms with van der Waals surface area (Å²) in [5.41, 5.74) is 1.76. The molecule has 2 aliphatic heterocycles. The number of hydrogen-bond donors (Lipinski definition) is 0. The molecule has 2 heterocycles. The Hall–Kier alpha value is -1.95. The molecule has 0 aromatic heterocycles. The zero-order valence-electron chi connectivity index (χ0n) is 11.2. The van der Waals surface area contributed by atoms with Crippen molar-refractivity contribution < 1.29 is 14.5 Å². The first-order chi connectivity index (χ1) is 9.58. The highest BCUT2D eigenvalue weighted by atomic mass is 16.6. The molecule has 0 unspecified atom stereocenters. The number of benzene rings is 1. The van der Waals surface area contributed by atoms with Gasteiger partial charge in [0, 0.05) is 30.5 Å². The standard InChI is InChI=1S/C14H16N2O4/c1-9-6-11-7-12(16(18)19)2-3-13(11)15(9)14(17)10-4-5-20-8-10/h2-3,7,9-10H,4-6,8H2,1H3/t9-,10+/m1/s1. The Balaban J connectivity index is 1.91. The first-order valence-electron chi connectivity index (χ1n) is 6.76. The Bertz CT molecular complexity index is 566. The molecule has 1 saturated heterocycles. The van der Waals surface area contributed by atoms with Gasteiger partial charge in [-0.3, -0.25) is 14.9 Å². The predicted octanol–water partition coefficient (Wildman–Crippen LogP) is 1.91. The number of non-ortho nitro benzene ring substituents is 1. The van der Waals surface area contributed by atoms with Crippen LogP contribution in [-0.4, -0.2) is 30.1 Å². The molecule has 2 atom stereocenters. The monoisotopic (exact) mass is 276 g/mol. The lowest BCUT2D eigenvalue weighted by atomic mass is 10.1. The van der Waals surface area contributed by atoms with Gasteiger partial charge in [0.2, 0.25) is 5.91 Å². The van der Waals surface area contributed by atoms with Crippen LogP contribution in [-0.2, 0) is 16.0 Å². The predicted molar refractivity (Wildman–Crippen MR) is 72.7 cm³/mol. The Morgan fingerprint density at radius 1 is 1.50 bits per heavy atom. The Labute approximate surface area is 116 Å². The quantitative estimate of drug-likeness (QED) is 0.611. The number of nitro groups is 1. The Morgan fingerprint density at radius 2 is 2.30 bits per heavy atom. The van der Waals surface area contributed by atoms with Gasteiger partial charge in [0.15, 0.2) is 0 Å². The van der Waals surface area contributed by atoms with Gasteiger partial charge in [-0.05, 0) is 31.4 Å². The lowest BCUT2D eigenvalue weighted by molar-refractivity contribution is -0.384. The first kappa shape index (κ1) is 13.1. The molecule has 2 aliphatic rings. The summed E-state index contributed by atoms with van der Waals surface area (Å²) in [4.78, 5) is 24.7. The summed E-state index contributed by atoms with van der Waals surface area (Å²) in [6.45, 7) is 3.08. The van der Waals surface area contributed by atoms with E-state index in [0.717, 1.165) is 17.7 Å². The molecule has 1 amide bonds. The van der Waals surface area contributed by atoms with Crippen LogP contribution in [0.4, 0.5) is 11.4 Å². The average Bonchev–Trinajstić information content (AvgIpc) is 3.03. The number of ether oxygens (including phenoxy) is 1. The molecule has 1 aromatic carbocycles. The maximum Gasteiger partial charge on any atom is 0.269 e. The van der Waals surface area contributed by atoms with E-state index in [4.69, 9.17) is 4.74 Å². The van der Waals surface area contributed by atoms with E-state index < -0.39 is 4.92 Å². The zero-order valence-corrected chi connectivity index (χ0v) is 11.2. The van der Waals surface area contributed by atoms with Crippen molar-refractivity contribution in [3.63, 3.8) is 0 Å². The van der Waals surface area contributed by atoms with E-state index in [2.05, 4.69) is 0 Å². The normalized spacial score (nSPS) is 24.8. The minimum atomic E-state index is -0.403. The van der Waals surface area contributed by atoms with Gasteiger partial charge in [-0.15, -0.1) is 0 Å². The van der Waals surface area contributed by atoms with Gasteiger partial charge in [-0.1, -0.05) is 0 Å². The highest BCUT2D eigenvalue weighted by molar-refractivity contribution is 5.98. The summed E-state index contributed by atoms with van der Waals surface area (Å²) in [6.07, 6.45) is 1.42. The molecule has 6 heteroatoms. The van der Waals surface area contributed by atoms with Crippen LogP contribution in [0.1, 0.15) is 18.9 Å². The molecular weight excluding hydrogens is 260 g/mol. The van der Waals surface area contributed by atoms with E-state index in [-0.39, 0.29) is 23.6 Å². The number of anilines is 1. The van der Waals surface area contributed by atoms with Crippen molar-refractivity contribution in [2.45, 2.75) is 25.8 Å². The number of carbonyl (C=O) groups is 1. The van der Waals surface area contributed by atoms with Gasteiger partial charge in [-0.2, -0.15) is 0 Å². The van der Waals surface area contributed by atoms with Crippen LogP contribution in [0.3, 0.4) is 0 Å². The minimum Gasteiger partial charge on any atom is -0.381 e. The smallest absolute Gasteiger partial charge is 0.269 e. The van der Waals surface area contributed by atoms with Crippen LogP contribution in [0.25, 0.3) is 0 Å². The number of amides is 1. The number of hydrogen-bond acceptors (Lipinski definition) is 4. The van der Waals surface area contributed by atoms with Crippen molar-refractivity contribution in [1.29, 1.82) is 0 Å². The Kier molecular flexibility index (Phi) is 3.17. The third-order valence-electron chi connectivity index (χ3n) is 4.01. The zero-order chi connectivity index (χ0) is 14.3. The molecular formula is C14H16N2O4. The van der Waals surface area contributed by atoms with Crippen LogP contribution < -0.4 is 4.90 Å². The maximum atomic E-state index is 12.6. The molecule has 3 rings (SSSR count). The van der Waals surface area contributed by atoms with E-state index in [1.807, 2.05) is 6.92 Å².